The van der Waals surface area contributed by atoms with Crippen molar-refractivity contribution in [1.82, 2.24) is 24.4 Å². The number of aromatic nitrogens is 4. The molecule has 190 valence electrons. The SMILES string of the molecule is CCCNc1nc(Oc2ccc(OC)c(F)c2F)nc2c1ncn2-c1ccc2c(c1)CN(C1CC1)C2=O. The van der Waals surface area contributed by atoms with Crippen LogP contribution in [-0.4, -0.2) is 50.0 Å². The van der Waals surface area contributed by atoms with Crippen molar-refractivity contribution in [3.8, 4) is 23.2 Å². The molecule has 11 heteroatoms. The maximum Gasteiger partial charge on any atom is 0.326 e. The summed E-state index contributed by atoms with van der Waals surface area (Å²) in [5, 5.41) is 3.20. The highest BCUT2D eigenvalue weighted by Crippen LogP contribution is 2.36. The molecule has 3 heterocycles. The summed E-state index contributed by atoms with van der Waals surface area (Å²) < 4.78 is 41.0. The third-order valence-electron chi connectivity index (χ3n) is 6.54. The molecular formula is C26H24F2N6O3. The van der Waals surface area contributed by atoms with Gasteiger partial charge in [0.05, 0.1) is 7.11 Å². The summed E-state index contributed by atoms with van der Waals surface area (Å²) in [4.78, 5) is 28.0. The van der Waals surface area contributed by atoms with Crippen molar-refractivity contribution in [2.45, 2.75) is 38.8 Å². The van der Waals surface area contributed by atoms with Gasteiger partial charge in [-0.3, -0.25) is 9.36 Å². The van der Waals surface area contributed by atoms with Crippen molar-refractivity contribution in [3.63, 3.8) is 0 Å². The molecule has 2 aromatic heterocycles. The van der Waals surface area contributed by atoms with E-state index < -0.39 is 11.6 Å². The number of halogens is 2. The fourth-order valence-corrected chi connectivity index (χ4v) is 4.49. The van der Waals surface area contributed by atoms with Crippen LogP contribution in [0.3, 0.4) is 0 Å². The van der Waals surface area contributed by atoms with Gasteiger partial charge in [-0.25, -0.2) is 4.98 Å². The third kappa shape index (κ3) is 4.00. The predicted molar refractivity (Wildman–Crippen MR) is 131 cm³/mol. The summed E-state index contributed by atoms with van der Waals surface area (Å²) in [6, 6.07) is 8.30. The Bertz CT molecular complexity index is 1530. The van der Waals surface area contributed by atoms with Crippen molar-refractivity contribution in [2.24, 2.45) is 0 Å². The maximum absolute atomic E-state index is 14.6. The van der Waals surface area contributed by atoms with Crippen molar-refractivity contribution in [3.05, 3.63) is 59.4 Å². The number of benzene rings is 2. The van der Waals surface area contributed by atoms with E-state index in [-0.39, 0.29) is 23.4 Å². The number of nitrogens with zero attached hydrogens (tertiary/aromatic N) is 5. The molecule has 37 heavy (non-hydrogen) atoms. The van der Waals surface area contributed by atoms with Gasteiger partial charge in [0.1, 0.15) is 6.33 Å². The Balaban J connectivity index is 1.40. The fourth-order valence-electron chi connectivity index (χ4n) is 4.49. The number of carbonyl (C=O) groups excluding carboxylic acids is 1. The monoisotopic (exact) mass is 506 g/mol. The maximum atomic E-state index is 14.6. The lowest BCUT2D eigenvalue weighted by Crippen LogP contribution is -2.25. The van der Waals surface area contributed by atoms with Crippen LogP contribution >= 0.6 is 0 Å². The van der Waals surface area contributed by atoms with E-state index in [1.165, 1.54) is 19.2 Å². The van der Waals surface area contributed by atoms with E-state index in [1.807, 2.05) is 30.0 Å². The lowest BCUT2D eigenvalue weighted by molar-refractivity contribution is 0.0766. The van der Waals surface area contributed by atoms with Gasteiger partial charge in [0.25, 0.3) is 5.91 Å². The molecule has 6 rings (SSSR count). The van der Waals surface area contributed by atoms with Crippen molar-refractivity contribution in [1.29, 1.82) is 0 Å². The second-order valence-corrected chi connectivity index (χ2v) is 9.07. The van der Waals surface area contributed by atoms with Crippen LogP contribution in [0.4, 0.5) is 14.6 Å². The topological polar surface area (TPSA) is 94.4 Å². The number of ether oxygens (including phenoxy) is 2. The van der Waals surface area contributed by atoms with Crippen molar-refractivity contribution < 1.29 is 23.0 Å². The minimum Gasteiger partial charge on any atom is -0.494 e. The van der Waals surface area contributed by atoms with Crippen LogP contribution in [0.25, 0.3) is 16.9 Å². The van der Waals surface area contributed by atoms with Crippen molar-refractivity contribution >= 4 is 22.9 Å². The number of carbonyl (C=O) groups is 1. The van der Waals surface area contributed by atoms with Crippen LogP contribution < -0.4 is 14.8 Å². The zero-order valence-electron chi connectivity index (χ0n) is 20.3. The number of fused-ring (bicyclic) bond motifs is 2. The highest BCUT2D eigenvalue weighted by Gasteiger charge is 2.38. The molecule has 0 spiro atoms. The van der Waals surface area contributed by atoms with Gasteiger partial charge in [-0.05, 0) is 55.2 Å². The molecule has 1 fully saturated rings. The number of imidazole rings is 1. The summed E-state index contributed by atoms with van der Waals surface area (Å²) in [5.41, 5.74) is 3.34. The average Bonchev–Trinajstić information content (AvgIpc) is 3.58. The van der Waals surface area contributed by atoms with Gasteiger partial charge in [-0.1, -0.05) is 6.92 Å². The Labute approximate surface area is 211 Å². The van der Waals surface area contributed by atoms with E-state index in [0.29, 0.717) is 41.7 Å². The van der Waals surface area contributed by atoms with E-state index >= 15 is 0 Å². The summed E-state index contributed by atoms with van der Waals surface area (Å²) in [7, 11) is 1.25. The number of methoxy groups -OCH3 is 1. The number of anilines is 1. The van der Waals surface area contributed by atoms with Crippen LogP contribution in [0.5, 0.6) is 17.5 Å². The van der Waals surface area contributed by atoms with Gasteiger partial charge in [0, 0.05) is 30.4 Å². The molecule has 2 aromatic carbocycles. The normalized spacial score (nSPS) is 14.8. The quantitative estimate of drug-likeness (QED) is 0.366. The average molecular weight is 507 g/mol. The summed E-state index contributed by atoms with van der Waals surface area (Å²) in [6.07, 6.45) is 4.54. The first-order valence-corrected chi connectivity index (χ1v) is 12.1. The Morgan fingerprint density at radius 2 is 1.89 bits per heavy atom. The zero-order chi connectivity index (χ0) is 25.7. The van der Waals surface area contributed by atoms with E-state index in [1.54, 1.807) is 10.9 Å². The second-order valence-electron chi connectivity index (χ2n) is 9.07. The van der Waals surface area contributed by atoms with Gasteiger partial charge >= 0.3 is 6.01 Å². The van der Waals surface area contributed by atoms with E-state index in [0.717, 1.165) is 30.5 Å². The molecule has 1 N–H and O–H groups in total. The Kier molecular flexibility index (Phi) is 5.62. The fraction of sp³-hybridized carbons (Fsp3) is 0.308. The summed E-state index contributed by atoms with van der Waals surface area (Å²) in [5.74, 6) is -2.50. The molecule has 0 unspecified atom stereocenters. The number of hydrogen-bond acceptors (Lipinski definition) is 7. The van der Waals surface area contributed by atoms with Gasteiger partial charge in [0.2, 0.25) is 11.6 Å². The largest absolute Gasteiger partial charge is 0.494 e. The number of hydrogen-bond donors (Lipinski definition) is 1. The molecule has 1 aliphatic carbocycles. The smallest absolute Gasteiger partial charge is 0.326 e. The van der Waals surface area contributed by atoms with Gasteiger partial charge in [0.15, 0.2) is 28.5 Å². The molecule has 1 amide bonds. The molecule has 0 saturated heterocycles. The molecule has 2 aliphatic rings. The predicted octanol–water partition coefficient (Wildman–Crippen LogP) is 4.83. The third-order valence-corrected chi connectivity index (χ3v) is 6.54. The van der Waals surface area contributed by atoms with Gasteiger partial charge in [-0.2, -0.15) is 18.7 Å². The van der Waals surface area contributed by atoms with Crippen LogP contribution in [0.15, 0.2) is 36.7 Å². The van der Waals surface area contributed by atoms with E-state index in [2.05, 4.69) is 20.3 Å². The minimum atomic E-state index is -1.21. The summed E-state index contributed by atoms with van der Waals surface area (Å²) in [6.45, 7) is 3.20. The molecule has 4 aromatic rings. The second kappa shape index (κ2) is 8.99. The lowest BCUT2D eigenvalue weighted by Gasteiger charge is -2.13. The number of nitrogens with one attached hydrogen (secondary N) is 1. The number of amides is 1. The Morgan fingerprint density at radius 1 is 1.11 bits per heavy atom. The van der Waals surface area contributed by atoms with Gasteiger partial charge < -0.3 is 19.7 Å². The highest BCUT2D eigenvalue weighted by molar-refractivity contribution is 5.99. The molecule has 0 bridgehead atoms. The van der Waals surface area contributed by atoms with Crippen molar-refractivity contribution in [2.75, 3.05) is 19.0 Å². The molecule has 0 atom stereocenters. The molecular weight excluding hydrogens is 482 g/mol. The Hall–Kier alpha value is -4.28. The molecule has 1 saturated carbocycles. The standard InChI is InChI=1S/C26H24F2N6O3/c1-3-10-29-23-22-24(32-26(31-23)37-19-9-8-18(36-2)20(27)21(19)28)34(13-30-22)16-6-7-17-14(11-16)12-33(25(17)35)15-4-5-15/h6-9,11,13,15H,3-5,10,12H2,1-2H3,(H,29,31,32). The molecule has 9 nitrogen and oxygen atoms in total. The van der Waals surface area contributed by atoms with Crippen LogP contribution in [0.2, 0.25) is 0 Å². The Morgan fingerprint density at radius 3 is 2.65 bits per heavy atom. The molecule has 1 aliphatic heterocycles. The zero-order valence-corrected chi connectivity index (χ0v) is 20.3. The van der Waals surface area contributed by atoms with E-state index in [4.69, 9.17) is 9.47 Å². The molecule has 0 radical (unpaired) electrons. The first-order valence-electron chi connectivity index (χ1n) is 12.1. The van der Waals surface area contributed by atoms with Gasteiger partial charge in [-0.15, -0.1) is 0 Å². The minimum absolute atomic E-state index is 0.0670. The first-order chi connectivity index (χ1) is 18.0. The van der Waals surface area contributed by atoms with Crippen LogP contribution in [-0.2, 0) is 6.54 Å². The van der Waals surface area contributed by atoms with Crippen LogP contribution in [0, 0.1) is 11.6 Å². The highest BCUT2D eigenvalue weighted by atomic mass is 19.2. The lowest BCUT2D eigenvalue weighted by atomic mass is 10.1. The summed E-state index contributed by atoms with van der Waals surface area (Å²) >= 11 is 0. The van der Waals surface area contributed by atoms with E-state index in [9.17, 15) is 13.6 Å². The number of rotatable bonds is 8. The first kappa shape index (κ1) is 23.1. The van der Waals surface area contributed by atoms with Crippen LogP contribution in [0.1, 0.15) is 42.1 Å².